The van der Waals surface area contributed by atoms with Gasteiger partial charge in [-0.2, -0.15) is 0 Å². The van der Waals surface area contributed by atoms with Crippen LogP contribution in [0.1, 0.15) is 61.2 Å². The number of nitrogens with zero attached hydrogens (tertiary/aromatic N) is 2. The van der Waals surface area contributed by atoms with Crippen LogP contribution in [0, 0.1) is 0 Å². The lowest BCUT2D eigenvalue weighted by atomic mass is 9.96. The second-order valence-corrected chi connectivity index (χ2v) is 7.70. The molecule has 0 saturated heterocycles. The summed E-state index contributed by atoms with van der Waals surface area (Å²) in [6, 6.07) is 9.52. The highest BCUT2D eigenvalue weighted by atomic mass is 32.1. The van der Waals surface area contributed by atoms with E-state index in [0.717, 1.165) is 17.7 Å². The van der Waals surface area contributed by atoms with Crippen LogP contribution in [0.25, 0.3) is 0 Å². The predicted octanol–water partition coefficient (Wildman–Crippen LogP) is 3.69. The van der Waals surface area contributed by atoms with Gasteiger partial charge in [0.05, 0.1) is 18.5 Å². The highest BCUT2D eigenvalue weighted by Gasteiger charge is 2.19. The molecule has 0 aliphatic heterocycles. The van der Waals surface area contributed by atoms with Crippen molar-refractivity contribution in [2.45, 2.75) is 57.5 Å². The lowest BCUT2D eigenvalue weighted by Gasteiger charge is -2.19. The van der Waals surface area contributed by atoms with Gasteiger partial charge in [0.2, 0.25) is 11.8 Å². The van der Waals surface area contributed by atoms with E-state index in [4.69, 9.17) is 4.99 Å². The minimum Gasteiger partial charge on any atom is -0.348 e. The molecule has 1 saturated carbocycles. The number of pyridine rings is 1. The molecule has 0 bridgehead atoms. The summed E-state index contributed by atoms with van der Waals surface area (Å²) in [6.07, 6.45) is 7.85. The van der Waals surface area contributed by atoms with Gasteiger partial charge in [-0.3, -0.25) is 19.1 Å². The van der Waals surface area contributed by atoms with Gasteiger partial charge >= 0.3 is 0 Å². The number of amides is 1. The average molecular weight is 372 g/mol. The molecule has 6 heteroatoms. The van der Waals surface area contributed by atoms with Gasteiger partial charge in [-0.05, 0) is 36.4 Å². The van der Waals surface area contributed by atoms with Crippen LogP contribution >= 0.6 is 11.3 Å². The third-order valence-electron chi connectivity index (χ3n) is 4.64. The van der Waals surface area contributed by atoms with Crippen molar-refractivity contribution in [3.8, 4) is 0 Å². The summed E-state index contributed by atoms with van der Waals surface area (Å²) in [7, 11) is 0. The van der Waals surface area contributed by atoms with Gasteiger partial charge in [-0.1, -0.05) is 31.4 Å². The standard InChI is InChI=1S/C20H25N3O2S/c1-15(24)21-17(18-10-7-13-26-18)14-20(25)23-12-6-5-11-19(23)22-16-8-3-2-4-9-16/h5-7,10-13,16-17H,2-4,8-9,14H2,1H3,(H,21,24). The predicted molar refractivity (Wildman–Crippen MR) is 103 cm³/mol. The Hall–Kier alpha value is -2.21. The number of aromatic nitrogens is 1. The van der Waals surface area contributed by atoms with Crippen LogP contribution in [-0.4, -0.2) is 22.4 Å². The Morgan fingerprint density at radius 2 is 2.04 bits per heavy atom. The van der Waals surface area contributed by atoms with Crippen LogP contribution in [0.2, 0.25) is 0 Å². The van der Waals surface area contributed by atoms with Crippen molar-refractivity contribution in [3.05, 3.63) is 52.3 Å². The van der Waals surface area contributed by atoms with E-state index in [-0.39, 0.29) is 24.3 Å². The quantitative estimate of drug-likeness (QED) is 0.871. The smallest absolute Gasteiger partial charge is 0.234 e. The zero-order chi connectivity index (χ0) is 18.4. The first-order valence-electron chi connectivity index (χ1n) is 9.18. The molecule has 2 heterocycles. The van der Waals surface area contributed by atoms with E-state index in [1.54, 1.807) is 22.1 Å². The molecule has 3 rings (SSSR count). The molecular weight excluding hydrogens is 346 g/mol. The van der Waals surface area contributed by atoms with Gasteiger partial charge in [0.15, 0.2) is 0 Å². The normalized spacial score (nSPS) is 17.0. The third-order valence-corrected chi connectivity index (χ3v) is 5.63. The minimum atomic E-state index is -0.310. The Morgan fingerprint density at radius 1 is 1.23 bits per heavy atom. The number of carbonyl (C=O) groups excluding carboxylic acids is 2. The maximum atomic E-state index is 13.0. The molecule has 138 valence electrons. The first-order chi connectivity index (χ1) is 12.6. The Balaban J connectivity index is 1.82. The number of thiophene rings is 1. The highest BCUT2D eigenvalue weighted by Crippen LogP contribution is 2.23. The van der Waals surface area contributed by atoms with Crippen LogP contribution in [-0.2, 0) is 4.79 Å². The van der Waals surface area contributed by atoms with Gasteiger partial charge in [0.1, 0.15) is 5.49 Å². The van der Waals surface area contributed by atoms with Crippen molar-refractivity contribution in [1.29, 1.82) is 0 Å². The summed E-state index contributed by atoms with van der Waals surface area (Å²) in [5.74, 6) is -0.200. The molecule has 1 aliphatic rings. The molecule has 2 aromatic heterocycles. The fraction of sp³-hybridized carbons (Fsp3) is 0.450. The molecule has 1 unspecified atom stereocenters. The zero-order valence-corrected chi connectivity index (χ0v) is 15.9. The first-order valence-corrected chi connectivity index (χ1v) is 10.1. The summed E-state index contributed by atoms with van der Waals surface area (Å²) in [5, 5.41) is 4.84. The Bertz CT molecular complexity index is 804. The van der Waals surface area contributed by atoms with Crippen molar-refractivity contribution >= 4 is 23.2 Å². The second kappa shape index (κ2) is 8.94. The summed E-state index contributed by atoms with van der Waals surface area (Å²) in [5.41, 5.74) is 0.706. The van der Waals surface area contributed by atoms with E-state index in [9.17, 15) is 9.59 Å². The number of rotatable bonds is 5. The fourth-order valence-corrected chi connectivity index (χ4v) is 4.16. The number of hydrogen-bond acceptors (Lipinski definition) is 4. The zero-order valence-electron chi connectivity index (χ0n) is 15.1. The van der Waals surface area contributed by atoms with Crippen molar-refractivity contribution in [1.82, 2.24) is 9.88 Å². The van der Waals surface area contributed by atoms with E-state index < -0.39 is 0 Å². The lowest BCUT2D eigenvalue weighted by Crippen LogP contribution is -2.33. The van der Waals surface area contributed by atoms with E-state index in [1.807, 2.05) is 35.7 Å². The van der Waals surface area contributed by atoms with E-state index in [2.05, 4.69) is 5.32 Å². The molecule has 26 heavy (non-hydrogen) atoms. The Labute approximate surface area is 157 Å². The number of carbonyl (C=O) groups is 2. The third kappa shape index (κ3) is 4.91. The topological polar surface area (TPSA) is 63.5 Å². The van der Waals surface area contributed by atoms with Crippen LogP contribution < -0.4 is 10.8 Å². The van der Waals surface area contributed by atoms with E-state index >= 15 is 0 Å². The molecule has 0 radical (unpaired) electrons. The van der Waals surface area contributed by atoms with E-state index in [0.29, 0.717) is 11.5 Å². The van der Waals surface area contributed by atoms with Crippen LogP contribution in [0.3, 0.4) is 0 Å². The largest absolute Gasteiger partial charge is 0.348 e. The molecule has 1 fully saturated rings. The minimum absolute atomic E-state index is 0.0627. The van der Waals surface area contributed by atoms with Crippen LogP contribution in [0.5, 0.6) is 0 Å². The van der Waals surface area contributed by atoms with E-state index in [1.165, 1.54) is 26.2 Å². The first kappa shape index (κ1) is 18.6. The van der Waals surface area contributed by atoms with Crippen molar-refractivity contribution in [2.24, 2.45) is 4.99 Å². The monoisotopic (exact) mass is 371 g/mol. The van der Waals surface area contributed by atoms with Crippen molar-refractivity contribution < 1.29 is 9.59 Å². The molecule has 1 N–H and O–H groups in total. The summed E-state index contributed by atoms with van der Waals surface area (Å²) in [6.45, 7) is 1.48. The number of hydrogen-bond donors (Lipinski definition) is 1. The Kier molecular flexibility index (Phi) is 6.39. The lowest BCUT2D eigenvalue weighted by molar-refractivity contribution is -0.119. The molecule has 1 atom stereocenters. The van der Waals surface area contributed by atoms with Gasteiger partial charge in [0, 0.05) is 18.0 Å². The van der Waals surface area contributed by atoms with Gasteiger partial charge in [0.25, 0.3) is 0 Å². The van der Waals surface area contributed by atoms with Gasteiger partial charge < -0.3 is 5.32 Å². The maximum Gasteiger partial charge on any atom is 0.234 e. The van der Waals surface area contributed by atoms with Gasteiger partial charge in [-0.25, -0.2) is 0 Å². The fourth-order valence-electron chi connectivity index (χ4n) is 3.38. The Morgan fingerprint density at radius 3 is 2.73 bits per heavy atom. The highest BCUT2D eigenvalue weighted by molar-refractivity contribution is 7.10. The van der Waals surface area contributed by atoms with Crippen LogP contribution in [0.4, 0.5) is 0 Å². The molecule has 0 spiro atoms. The van der Waals surface area contributed by atoms with Crippen LogP contribution in [0.15, 0.2) is 46.9 Å². The summed E-state index contributed by atoms with van der Waals surface area (Å²) in [4.78, 5) is 30.3. The summed E-state index contributed by atoms with van der Waals surface area (Å²) < 4.78 is 1.62. The summed E-state index contributed by atoms with van der Waals surface area (Å²) >= 11 is 1.54. The SMILES string of the molecule is CC(=O)NC(CC(=O)n1ccccc1=NC1CCCCC1)c1cccs1. The molecule has 2 aromatic rings. The number of nitrogens with one attached hydrogen (secondary N) is 1. The van der Waals surface area contributed by atoms with Gasteiger partial charge in [-0.15, -0.1) is 11.3 Å². The second-order valence-electron chi connectivity index (χ2n) is 6.72. The van der Waals surface area contributed by atoms with Crippen molar-refractivity contribution in [3.63, 3.8) is 0 Å². The molecule has 1 amide bonds. The average Bonchev–Trinajstić information content (AvgIpc) is 3.17. The molecule has 1 aliphatic carbocycles. The van der Waals surface area contributed by atoms with Crippen molar-refractivity contribution in [2.75, 3.05) is 0 Å². The molecule has 5 nitrogen and oxygen atoms in total. The maximum absolute atomic E-state index is 13.0. The molecular formula is C20H25N3O2S. The molecule has 0 aromatic carbocycles.